The number of nitrogens with one attached hydrogen (secondary N) is 1. The number of fused-ring (bicyclic) bond motifs is 2. The van der Waals surface area contributed by atoms with Gasteiger partial charge in [0.15, 0.2) is 5.65 Å². The van der Waals surface area contributed by atoms with Crippen molar-refractivity contribution in [3.05, 3.63) is 72.3 Å². The fourth-order valence-electron chi connectivity index (χ4n) is 3.38. The van der Waals surface area contributed by atoms with Gasteiger partial charge in [0.05, 0.1) is 6.20 Å². The molecule has 0 bridgehead atoms. The van der Waals surface area contributed by atoms with Crippen molar-refractivity contribution in [1.82, 2.24) is 24.8 Å². The number of aromatic nitrogens is 5. The maximum Gasteiger partial charge on any atom is 0.453 e. The average Bonchev–Trinajstić information content (AvgIpc) is 3.34. The minimum atomic E-state index is -4.75. The highest BCUT2D eigenvalue weighted by molar-refractivity contribution is 5.95. The quantitative estimate of drug-likeness (QED) is 0.402. The SMILES string of the molecule is Fc1ccc(-c2ccn3nc(C(F)(F)F)nc3c2-c2cc(F)c3[nH]ncc3c2)cc1. The van der Waals surface area contributed by atoms with Crippen molar-refractivity contribution in [1.29, 1.82) is 0 Å². The first kappa shape index (κ1) is 18.2. The fraction of sp³-hybridized carbons (Fsp3) is 0.0500. The number of hydrogen-bond acceptors (Lipinski definition) is 3. The van der Waals surface area contributed by atoms with Crippen LogP contribution in [-0.4, -0.2) is 24.8 Å². The molecule has 0 saturated heterocycles. The van der Waals surface area contributed by atoms with Gasteiger partial charge in [-0.1, -0.05) is 12.1 Å². The predicted molar refractivity (Wildman–Crippen MR) is 98.4 cm³/mol. The molecule has 5 rings (SSSR count). The van der Waals surface area contributed by atoms with Crippen molar-refractivity contribution >= 4 is 16.6 Å². The molecule has 0 spiro atoms. The van der Waals surface area contributed by atoms with Gasteiger partial charge in [0.25, 0.3) is 5.82 Å². The zero-order chi connectivity index (χ0) is 21.0. The highest BCUT2D eigenvalue weighted by Gasteiger charge is 2.37. The van der Waals surface area contributed by atoms with Crippen molar-refractivity contribution in [3.63, 3.8) is 0 Å². The lowest BCUT2D eigenvalue weighted by atomic mass is 9.95. The van der Waals surface area contributed by atoms with Crippen molar-refractivity contribution in [3.8, 4) is 22.3 Å². The predicted octanol–water partition coefficient (Wildman–Crippen LogP) is 5.24. The number of pyridine rings is 1. The number of H-pyrrole nitrogens is 1. The highest BCUT2D eigenvalue weighted by atomic mass is 19.4. The maximum absolute atomic E-state index is 14.6. The molecule has 0 fully saturated rings. The molecule has 10 heteroatoms. The third kappa shape index (κ3) is 2.88. The number of nitrogens with zero attached hydrogens (tertiary/aromatic N) is 4. The monoisotopic (exact) mass is 415 g/mol. The number of alkyl halides is 3. The zero-order valence-electron chi connectivity index (χ0n) is 14.9. The van der Waals surface area contributed by atoms with E-state index in [0.717, 1.165) is 4.52 Å². The smallest absolute Gasteiger partial charge is 0.275 e. The summed E-state index contributed by atoms with van der Waals surface area (Å²) in [7, 11) is 0. The number of benzene rings is 2. The van der Waals surface area contributed by atoms with E-state index in [4.69, 9.17) is 0 Å². The molecule has 5 nitrogen and oxygen atoms in total. The summed E-state index contributed by atoms with van der Waals surface area (Å²) in [5.74, 6) is -2.40. The van der Waals surface area contributed by atoms with E-state index in [1.54, 1.807) is 6.07 Å². The van der Waals surface area contributed by atoms with Crippen LogP contribution in [0.1, 0.15) is 5.82 Å². The van der Waals surface area contributed by atoms with Crippen molar-refractivity contribution in [2.24, 2.45) is 0 Å². The largest absolute Gasteiger partial charge is 0.453 e. The van der Waals surface area contributed by atoms with Gasteiger partial charge < -0.3 is 0 Å². The van der Waals surface area contributed by atoms with Crippen molar-refractivity contribution in [2.45, 2.75) is 6.18 Å². The second-order valence-corrected chi connectivity index (χ2v) is 6.60. The third-order valence-electron chi connectivity index (χ3n) is 4.70. The van der Waals surface area contributed by atoms with Crippen LogP contribution < -0.4 is 0 Å². The average molecular weight is 415 g/mol. The number of hydrogen-bond donors (Lipinski definition) is 1. The molecule has 3 heterocycles. The Morgan fingerprint density at radius 3 is 2.43 bits per heavy atom. The fourth-order valence-corrected chi connectivity index (χ4v) is 3.38. The van der Waals surface area contributed by atoms with Gasteiger partial charge in [0, 0.05) is 17.1 Å². The molecule has 2 aromatic carbocycles. The molecule has 30 heavy (non-hydrogen) atoms. The molecular weight excluding hydrogens is 405 g/mol. The van der Waals surface area contributed by atoms with E-state index in [0.29, 0.717) is 16.5 Å². The van der Waals surface area contributed by atoms with Crippen LogP contribution in [0.3, 0.4) is 0 Å². The molecule has 0 saturated carbocycles. The third-order valence-corrected chi connectivity index (χ3v) is 4.70. The minimum Gasteiger partial charge on any atom is -0.275 e. The maximum atomic E-state index is 14.6. The van der Waals surface area contributed by atoms with E-state index in [-0.39, 0.29) is 22.3 Å². The molecule has 0 unspecified atom stereocenters. The van der Waals surface area contributed by atoms with Gasteiger partial charge in [0.1, 0.15) is 17.2 Å². The summed E-state index contributed by atoms with van der Waals surface area (Å²) in [4.78, 5) is 3.67. The molecule has 3 aromatic heterocycles. The summed E-state index contributed by atoms with van der Waals surface area (Å²) in [6.45, 7) is 0. The Bertz CT molecular complexity index is 1400. The van der Waals surface area contributed by atoms with Gasteiger partial charge in [-0.15, -0.1) is 5.10 Å². The van der Waals surface area contributed by atoms with E-state index >= 15 is 0 Å². The molecular formula is C20H10F5N5. The van der Waals surface area contributed by atoms with Crippen LogP contribution in [0.25, 0.3) is 38.8 Å². The van der Waals surface area contributed by atoms with Gasteiger partial charge in [0.2, 0.25) is 0 Å². The van der Waals surface area contributed by atoms with Crippen LogP contribution in [0.15, 0.2) is 54.9 Å². The Morgan fingerprint density at radius 2 is 1.70 bits per heavy atom. The normalized spacial score (nSPS) is 12.2. The zero-order valence-corrected chi connectivity index (χ0v) is 14.9. The molecule has 0 aliphatic carbocycles. The van der Waals surface area contributed by atoms with E-state index in [1.807, 2.05) is 0 Å². The van der Waals surface area contributed by atoms with Crippen LogP contribution in [0.5, 0.6) is 0 Å². The van der Waals surface area contributed by atoms with Gasteiger partial charge >= 0.3 is 6.18 Å². The first-order valence-corrected chi connectivity index (χ1v) is 8.67. The van der Waals surface area contributed by atoms with Crippen molar-refractivity contribution < 1.29 is 22.0 Å². The Labute approximate surface area is 164 Å². The highest BCUT2D eigenvalue weighted by Crippen LogP contribution is 2.38. The van der Waals surface area contributed by atoms with Crippen LogP contribution in [0, 0.1) is 11.6 Å². The number of halogens is 5. The van der Waals surface area contributed by atoms with Crippen LogP contribution in [-0.2, 0) is 6.18 Å². The van der Waals surface area contributed by atoms with E-state index in [2.05, 4.69) is 20.3 Å². The Kier molecular flexibility index (Phi) is 3.85. The molecule has 0 amide bonds. The molecule has 1 N–H and O–H groups in total. The van der Waals surface area contributed by atoms with E-state index in [1.165, 1.54) is 48.8 Å². The molecule has 5 aromatic rings. The second-order valence-electron chi connectivity index (χ2n) is 6.60. The van der Waals surface area contributed by atoms with E-state index < -0.39 is 23.6 Å². The van der Waals surface area contributed by atoms with Gasteiger partial charge in [-0.25, -0.2) is 18.3 Å². The van der Waals surface area contributed by atoms with Crippen LogP contribution in [0.2, 0.25) is 0 Å². The molecule has 0 aliphatic rings. The Hall–Kier alpha value is -3.82. The Morgan fingerprint density at radius 1 is 0.933 bits per heavy atom. The Balaban J connectivity index is 1.86. The van der Waals surface area contributed by atoms with Crippen LogP contribution in [0.4, 0.5) is 22.0 Å². The second kappa shape index (κ2) is 6.34. The first-order chi connectivity index (χ1) is 14.3. The molecule has 0 aliphatic heterocycles. The van der Waals surface area contributed by atoms with E-state index in [9.17, 15) is 22.0 Å². The lowest BCUT2D eigenvalue weighted by Crippen LogP contribution is -2.07. The lowest BCUT2D eigenvalue weighted by molar-refractivity contribution is -0.144. The van der Waals surface area contributed by atoms with Gasteiger partial charge in [-0.3, -0.25) is 5.10 Å². The minimum absolute atomic E-state index is 0.105. The molecule has 0 atom stereocenters. The summed E-state index contributed by atoms with van der Waals surface area (Å²) >= 11 is 0. The van der Waals surface area contributed by atoms with Gasteiger partial charge in [-0.2, -0.15) is 18.3 Å². The number of aromatic amines is 1. The standard InChI is InChI=1S/C20H10F5N5/c21-13-3-1-10(2-4-13)14-5-6-30-18(27-19(29-30)20(23,24)25)16(14)11-7-12-9-26-28-17(12)15(22)8-11/h1-9H,(H,26,28). The van der Waals surface area contributed by atoms with Crippen molar-refractivity contribution in [2.75, 3.05) is 0 Å². The van der Waals surface area contributed by atoms with Crippen LogP contribution >= 0.6 is 0 Å². The summed E-state index contributed by atoms with van der Waals surface area (Å²) in [5, 5.41) is 10.3. The molecule has 150 valence electrons. The summed E-state index contributed by atoms with van der Waals surface area (Å²) in [5.41, 5.74) is 1.56. The lowest BCUT2D eigenvalue weighted by Gasteiger charge is -2.12. The summed E-state index contributed by atoms with van der Waals surface area (Å²) in [6.07, 6.45) is -2.02. The van der Waals surface area contributed by atoms with Gasteiger partial charge in [-0.05, 0) is 47.0 Å². The summed E-state index contributed by atoms with van der Waals surface area (Å²) < 4.78 is 68.6. The first-order valence-electron chi connectivity index (χ1n) is 8.67. The topological polar surface area (TPSA) is 58.9 Å². The molecule has 0 radical (unpaired) electrons. The number of rotatable bonds is 2. The summed E-state index contributed by atoms with van der Waals surface area (Å²) in [6, 6.07) is 9.73.